The molecule has 2 aromatic rings. The summed E-state index contributed by atoms with van der Waals surface area (Å²) in [6, 6.07) is 15.8. The predicted molar refractivity (Wildman–Crippen MR) is 96.5 cm³/mol. The number of carboxylic acids is 1. The maximum absolute atomic E-state index is 10.9. The summed E-state index contributed by atoms with van der Waals surface area (Å²) in [5.74, 6) is -0.185. The highest BCUT2D eigenvalue weighted by Gasteiger charge is 2.16. The SMILES string of the molecule is O=C(O)c1ccc(C(S)c2ccc(C3CCCCC3)cc2)cc1. The lowest BCUT2D eigenvalue weighted by atomic mass is 9.84. The molecule has 0 heterocycles. The first kappa shape index (κ1) is 16.1. The van der Waals surface area contributed by atoms with Crippen molar-refractivity contribution < 1.29 is 9.90 Å². The van der Waals surface area contributed by atoms with Gasteiger partial charge in [0.15, 0.2) is 0 Å². The molecule has 2 nitrogen and oxygen atoms in total. The summed E-state index contributed by atoms with van der Waals surface area (Å²) in [7, 11) is 0. The van der Waals surface area contributed by atoms with E-state index in [1.807, 2.05) is 12.1 Å². The van der Waals surface area contributed by atoms with Gasteiger partial charge >= 0.3 is 5.97 Å². The molecule has 0 bridgehead atoms. The van der Waals surface area contributed by atoms with Gasteiger partial charge in [0.05, 0.1) is 10.8 Å². The third-order valence-corrected chi connectivity index (χ3v) is 5.40. The number of carboxylic acid groups (broad SMARTS) is 1. The Hall–Kier alpha value is -1.74. The summed E-state index contributed by atoms with van der Waals surface area (Å²) in [6.07, 6.45) is 6.68. The Morgan fingerprint density at radius 3 is 1.96 bits per heavy atom. The lowest BCUT2D eigenvalue weighted by molar-refractivity contribution is 0.0697. The molecule has 1 aliphatic rings. The molecule has 0 aromatic heterocycles. The van der Waals surface area contributed by atoms with Crippen molar-refractivity contribution in [2.75, 3.05) is 0 Å². The van der Waals surface area contributed by atoms with Gasteiger partial charge < -0.3 is 5.11 Å². The van der Waals surface area contributed by atoms with Crippen LogP contribution < -0.4 is 0 Å². The van der Waals surface area contributed by atoms with Crippen LogP contribution in [0.3, 0.4) is 0 Å². The van der Waals surface area contributed by atoms with E-state index in [1.54, 1.807) is 12.1 Å². The first-order chi connectivity index (χ1) is 11.1. The van der Waals surface area contributed by atoms with Crippen molar-refractivity contribution in [1.82, 2.24) is 0 Å². The second-order valence-electron chi connectivity index (χ2n) is 6.33. The molecule has 1 aliphatic carbocycles. The number of rotatable bonds is 4. The smallest absolute Gasteiger partial charge is 0.335 e. The van der Waals surface area contributed by atoms with Crippen LogP contribution in [0.4, 0.5) is 0 Å². The van der Waals surface area contributed by atoms with Crippen LogP contribution >= 0.6 is 12.6 Å². The third kappa shape index (κ3) is 3.78. The van der Waals surface area contributed by atoms with Gasteiger partial charge in [-0.25, -0.2) is 4.79 Å². The Morgan fingerprint density at radius 1 is 0.913 bits per heavy atom. The molecule has 23 heavy (non-hydrogen) atoms. The standard InChI is InChI=1S/C20H22O2S/c21-20(22)18-12-10-17(11-13-18)19(23)16-8-6-15(7-9-16)14-4-2-1-3-5-14/h6-14,19,23H,1-5H2,(H,21,22). The van der Waals surface area contributed by atoms with Crippen LogP contribution in [-0.4, -0.2) is 11.1 Å². The molecule has 2 aromatic carbocycles. The molecule has 3 rings (SSSR count). The van der Waals surface area contributed by atoms with Crippen LogP contribution in [-0.2, 0) is 0 Å². The van der Waals surface area contributed by atoms with Crippen molar-refractivity contribution in [2.24, 2.45) is 0 Å². The minimum atomic E-state index is -0.899. The molecule has 1 atom stereocenters. The Balaban J connectivity index is 1.74. The molecule has 1 saturated carbocycles. The van der Waals surface area contributed by atoms with E-state index in [9.17, 15) is 4.79 Å². The second-order valence-corrected chi connectivity index (χ2v) is 6.85. The largest absolute Gasteiger partial charge is 0.478 e. The zero-order chi connectivity index (χ0) is 16.2. The van der Waals surface area contributed by atoms with E-state index < -0.39 is 5.97 Å². The van der Waals surface area contributed by atoms with Crippen molar-refractivity contribution >= 4 is 18.6 Å². The second kappa shape index (κ2) is 7.22. The Labute approximate surface area is 143 Å². The molecule has 0 saturated heterocycles. The van der Waals surface area contributed by atoms with Crippen LogP contribution in [0.15, 0.2) is 48.5 Å². The van der Waals surface area contributed by atoms with Gasteiger partial charge in [-0.1, -0.05) is 55.7 Å². The first-order valence-corrected chi connectivity index (χ1v) is 8.78. The maximum Gasteiger partial charge on any atom is 0.335 e. The summed E-state index contributed by atoms with van der Waals surface area (Å²) in [5, 5.41) is 8.94. The Kier molecular flexibility index (Phi) is 5.06. The van der Waals surface area contributed by atoms with Crippen molar-refractivity contribution in [3.8, 4) is 0 Å². The highest BCUT2D eigenvalue weighted by molar-refractivity contribution is 7.80. The summed E-state index contributed by atoms with van der Waals surface area (Å²) in [5.41, 5.74) is 3.91. The fraction of sp³-hybridized carbons (Fsp3) is 0.350. The van der Waals surface area contributed by atoms with Gasteiger partial charge in [-0.05, 0) is 47.6 Å². The van der Waals surface area contributed by atoms with E-state index in [0.717, 1.165) is 11.1 Å². The highest BCUT2D eigenvalue weighted by atomic mass is 32.1. The zero-order valence-corrected chi connectivity index (χ0v) is 14.0. The number of benzene rings is 2. The monoisotopic (exact) mass is 326 g/mol. The fourth-order valence-corrected chi connectivity index (χ4v) is 3.73. The Morgan fingerprint density at radius 2 is 1.43 bits per heavy atom. The lowest BCUT2D eigenvalue weighted by Crippen LogP contribution is -2.04. The molecular formula is C20H22O2S. The molecular weight excluding hydrogens is 304 g/mol. The number of aromatic carboxylic acids is 1. The van der Waals surface area contributed by atoms with Crippen LogP contribution in [0.5, 0.6) is 0 Å². The van der Waals surface area contributed by atoms with E-state index in [1.165, 1.54) is 37.7 Å². The van der Waals surface area contributed by atoms with Crippen molar-refractivity contribution in [2.45, 2.75) is 43.3 Å². The van der Waals surface area contributed by atoms with E-state index in [0.29, 0.717) is 11.5 Å². The molecule has 0 aliphatic heterocycles. The fourth-order valence-electron chi connectivity index (χ4n) is 3.39. The predicted octanol–water partition coefficient (Wildman–Crippen LogP) is 5.45. The molecule has 0 spiro atoms. The minimum absolute atomic E-state index is 0.0294. The molecule has 120 valence electrons. The average molecular weight is 326 g/mol. The van der Waals surface area contributed by atoms with E-state index in [2.05, 4.69) is 24.3 Å². The molecule has 1 fully saturated rings. The molecule has 0 amide bonds. The van der Waals surface area contributed by atoms with E-state index in [4.69, 9.17) is 17.7 Å². The van der Waals surface area contributed by atoms with Gasteiger partial charge in [-0.3, -0.25) is 0 Å². The summed E-state index contributed by atoms with van der Waals surface area (Å²) < 4.78 is 0. The van der Waals surface area contributed by atoms with Gasteiger partial charge in [0.25, 0.3) is 0 Å². The molecule has 1 unspecified atom stereocenters. The van der Waals surface area contributed by atoms with Gasteiger partial charge in [0, 0.05) is 0 Å². The van der Waals surface area contributed by atoms with Crippen molar-refractivity contribution in [1.29, 1.82) is 0 Å². The number of hydrogen-bond donors (Lipinski definition) is 2. The number of hydrogen-bond acceptors (Lipinski definition) is 2. The maximum atomic E-state index is 10.9. The third-order valence-electron chi connectivity index (χ3n) is 4.80. The van der Waals surface area contributed by atoms with Gasteiger partial charge in [-0.15, -0.1) is 0 Å². The van der Waals surface area contributed by atoms with Crippen molar-refractivity contribution in [3.63, 3.8) is 0 Å². The zero-order valence-electron chi connectivity index (χ0n) is 13.1. The van der Waals surface area contributed by atoms with Gasteiger partial charge in [0.1, 0.15) is 0 Å². The van der Waals surface area contributed by atoms with Gasteiger partial charge in [-0.2, -0.15) is 12.6 Å². The van der Waals surface area contributed by atoms with Crippen LogP contribution in [0.2, 0.25) is 0 Å². The number of carbonyl (C=O) groups is 1. The van der Waals surface area contributed by atoms with Gasteiger partial charge in [0.2, 0.25) is 0 Å². The first-order valence-electron chi connectivity index (χ1n) is 8.26. The van der Waals surface area contributed by atoms with Crippen LogP contribution in [0, 0.1) is 0 Å². The summed E-state index contributed by atoms with van der Waals surface area (Å²) in [4.78, 5) is 10.9. The minimum Gasteiger partial charge on any atom is -0.478 e. The lowest BCUT2D eigenvalue weighted by Gasteiger charge is -2.22. The van der Waals surface area contributed by atoms with Crippen LogP contribution in [0.25, 0.3) is 0 Å². The highest BCUT2D eigenvalue weighted by Crippen LogP contribution is 2.34. The summed E-state index contributed by atoms with van der Waals surface area (Å²) >= 11 is 4.71. The average Bonchev–Trinajstić information content (AvgIpc) is 2.62. The van der Waals surface area contributed by atoms with E-state index in [-0.39, 0.29) is 5.25 Å². The number of thiol groups is 1. The van der Waals surface area contributed by atoms with E-state index >= 15 is 0 Å². The molecule has 3 heteroatoms. The quantitative estimate of drug-likeness (QED) is 0.733. The molecule has 1 N–H and O–H groups in total. The normalized spacial score (nSPS) is 16.9. The van der Waals surface area contributed by atoms with Crippen LogP contribution in [0.1, 0.15) is 70.3 Å². The molecule has 0 radical (unpaired) electrons. The summed E-state index contributed by atoms with van der Waals surface area (Å²) in [6.45, 7) is 0. The topological polar surface area (TPSA) is 37.3 Å². The Bertz CT molecular complexity index is 655. The van der Waals surface area contributed by atoms with Crippen molar-refractivity contribution in [3.05, 3.63) is 70.8 Å².